The summed E-state index contributed by atoms with van der Waals surface area (Å²) in [6.07, 6.45) is -0.201. The molecule has 0 radical (unpaired) electrons. The number of hydrogen-bond donors (Lipinski definition) is 1. The van der Waals surface area contributed by atoms with Gasteiger partial charge in [0.2, 0.25) is 0 Å². The van der Waals surface area contributed by atoms with E-state index in [2.05, 4.69) is 0 Å². The first-order valence-electron chi connectivity index (χ1n) is 11.5. The van der Waals surface area contributed by atoms with Gasteiger partial charge in [-0.15, -0.1) is 0 Å². The van der Waals surface area contributed by atoms with Crippen LogP contribution in [-0.2, 0) is 28.2 Å². The van der Waals surface area contributed by atoms with Gasteiger partial charge in [-0.25, -0.2) is 4.39 Å². The highest BCUT2D eigenvalue weighted by atomic mass is 19.1. The Balaban J connectivity index is 1.66. The fourth-order valence-corrected chi connectivity index (χ4v) is 5.57. The normalized spacial score (nSPS) is 24.2. The van der Waals surface area contributed by atoms with Gasteiger partial charge in [0.1, 0.15) is 23.0 Å². The minimum absolute atomic E-state index is 0.0386. The Morgan fingerprint density at radius 2 is 1.66 bits per heavy atom. The minimum Gasteiger partial charge on any atom is -0.497 e. The van der Waals surface area contributed by atoms with Crippen LogP contribution in [0, 0.1) is 5.82 Å². The monoisotopic (exact) mass is 474 g/mol. The van der Waals surface area contributed by atoms with Crippen LogP contribution >= 0.6 is 0 Å². The van der Waals surface area contributed by atoms with Gasteiger partial charge in [0.05, 0.1) is 25.9 Å². The lowest BCUT2D eigenvalue weighted by atomic mass is 9.69. The number of Topliss-reactive ketones (excluding diaryl/α,β-unsaturated/α-hetero) is 1. The quantitative estimate of drug-likeness (QED) is 0.609. The SMILES string of the molecule is COc1ccc(CN2CC(=O)C[C@](C)(O)C23C(=O)N(Cc2ccccc2)c2ccc(F)cc23)cc1. The third kappa shape index (κ3) is 3.72. The summed E-state index contributed by atoms with van der Waals surface area (Å²) in [5, 5.41) is 11.8. The van der Waals surface area contributed by atoms with Crippen LogP contribution in [0.5, 0.6) is 5.75 Å². The van der Waals surface area contributed by atoms with Crippen LogP contribution < -0.4 is 9.64 Å². The third-order valence-corrected chi connectivity index (χ3v) is 7.07. The van der Waals surface area contributed by atoms with Crippen LogP contribution in [0.25, 0.3) is 0 Å². The van der Waals surface area contributed by atoms with Crippen molar-refractivity contribution in [2.45, 2.75) is 37.6 Å². The Kier molecular flexibility index (Phi) is 5.69. The number of halogens is 1. The van der Waals surface area contributed by atoms with Gasteiger partial charge < -0.3 is 14.7 Å². The maximum Gasteiger partial charge on any atom is 0.255 e. The molecule has 0 saturated carbocycles. The Labute approximate surface area is 203 Å². The summed E-state index contributed by atoms with van der Waals surface area (Å²) in [4.78, 5) is 30.4. The van der Waals surface area contributed by atoms with Crippen molar-refractivity contribution in [3.63, 3.8) is 0 Å². The number of ketones is 1. The predicted molar refractivity (Wildman–Crippen MR) is 129 cm³/mol. The van der Waals surface area contributed by atoms with E-state index >= 15 is 0 Å². The van der Waals surface area contributed by atoms with Gasteiger partial charge in [0, 0.05) is 18.5 Å². The van der Waals surface area contributed by atoms with Crippen LogP contribution in [0.4, 0.5) is 10.1 Å². The molecule has 1 unspecified atom stereocenters. The van der Waals surface area contributed by atoms with Crippen molar-refractivity contribution in [2.24, 2.45) is 0 Å². The number of amides is 1. The highest BCUT2D eigenvalue weighted by Crippen LogP contribution is 2.54. The Bertz CT molecular complexity index is 1280. The molecule has 2 heterocycles. The van der Waals surface area contributed by atoms with Crippen molar-refractivity contribution in [1.29, 1.82) is 0 Å². The molecule has 2 aliphatic rings. The Morgan fingerprint density at radius 3 is 2.34 bits per heavy atom. The Hall–Kier alpha value is -3.55. The number of fused-ring (bicyclic) bond motifs is 2. The van der Waals surface area contributed by atoms with Crippen LogP contribution in [0.3, 0.4) is 0 Å². The molecular weight excluding hydrogens is 447 g/mol. The van der Waals surface area contributed by atoms with Gasteiger partial charge in [0.15, 0.2) is 5.54 Å². The molecule has 0 aliphatic carbocycles. The number of methoxy groups -OCH3 is 1. The van der Waals surface area contributed by atoms with Crippen molar-refractivity contribution in [3.8, 4) is 5.75 Å². The molecule has 0 aromatic heterocycles. The van der Waals surface area contributed by atoms with Crippen molar-refractivity contribution < 1.29 is 23.8 Å². The van der Waals surface area contributed by atoms with Crippen molar-refractivity contribution >= 4 is 17.4 Å². The summed E-state index contributed by atoms with van der Waals surface area (Å²) in [7, 11) is 1.58. The molecule has 1 saturated heterocycles. The van der Waals surface area contributed by atoms with E-state index in [0.717, 1.165) is 11.1 Å². The van der Waals surface area contributed by atoms with E-state index < -0.39 is 17.0 Å². The summed E-state index contributed by atoms with van der Waals surface area (Å²) in [6.45, 7) is 1.94. The van der Waals surface area contributed by atoms with E-state index in [-0.39, 0.29) is 37.7 Å². The number of piperidine rings is 1. The van der Waals surface area contributed by atoms with E-state index in [4.69, 9.17) is 4.74 Å². The zero-order valence-corrected chi connectivity index (χ0v) is 19.7. The number of hydrogen-bond acceptors (Lipinski definition) is 5. The van der Waals surface area contributed by atoms with Crippen molar-refractivity contribution in [1.82, 2.24) is 4.90 Å². The molecule has 180 valence electrons. The van der Waals surface area contributed by atoms with Crippen LogP contribution in [-0.4, -0.2) is 41.0 Å². The number of likely N-dealkylation sites (tertiary alicyclic amines) is 1. The van der Waals surface area contributed by atoms with Crippen LogP contribution in [0.1, 0.15) is 30.0 Å². The number of carbonyl (C=O) groups excluding carboxylic acids is 2. The van der Waals surface area contributed by atoms with Gasteiger partial charge in [-0.1, -0.05) is 42.5 Å². The molecule has 1 amide bonds. The van der Waals surface area contributed by atoms with Crippen molar-refractivity contribution in [3.05, 3.63) is 95.3 Å². The summed E-state index contributed by atoms with van der Waals surface area (Å²) >= 11 is 0. The number of nitrogens with zero attached hydrogens (tertiary/aromatic N) is 2. The van der Waals surface area contributed by atoms with Crippen LogP contribution in [0.15, 0.2) is 72.8 Å². The molecule has 1 spiro atoms. The molecule has 35 heavy (non-hydrogen) atoms. The molecule has 3 aromatic rings. The Morgan fingerprint density at radius 1 is 0.971 bits per heavy atom. The topological polar surface area (TPSA) is 70.1 Å². The summed E-state index contributed by atoms with van der Waals surface area (Å²) < 4.78 is 19.9. The zero-order chi connectivity index (χ0) is 24.8. The summed E-state index contributed by atoms with van der Waals surface area (Å²) in [5.41, 5.74) is -0.712. The fraction of sp³-hybridized carbons (Fsp3) is 0.286. The molecule has 7 heteroatoms. The maximum absolute atomic E-state index is 14.6. The van der Waals surface area contributed by atoms with E-state index in [1.54, 1.807) is 35.1 Å². The fourth-order valence-electron chi connectivity index (χ4n) is 5.57. The van der Waals surface area contributed by atoms with Gasteiger partial charge in [-0.2, -0.15) is 0 Å². The number of benzene rings is 3. The second kappa shape index (κ2) is 8.59. The van der Waals surface area contributed by atoms with E-state index in [1.807, 2.05) is 42.5 Å². The van der Waals surface area contributed by atoms with E-state index in [1.165, 1.54) is 19.1 Å². The molecule has 2 atom stereocenters. The first kappa shape index (κ1) is 23.2. The van der Waals surface area contributed by atoms with E-state index in [9.17, 15) is 19.1 Å². The summed E-state index contributed by atoms with van der Waals surface area (Å²) in [5.74, 6) is -0.368. The minimum atomic E-state index is -1.75. The average molecular weight is 475 g/mol. The molecule has 5 rings (SSSR count). The number of carbonyl (C=O) groups is 2. The van der Waals surface area contributed by atoms with Crippen LogP contribution in [0.2, 0.25) is 0 Å². The second-order valence-electron chi connectivity index (χ2n) is 9.44. The van der Waals surface area contributed by atoms with Gasteiger partial charge >= 0.3 is 0 Å². The standard InChI is InChI=1S/C28H27FN2O4/c1-27(34)15-22(32)18-30(16-20-8-11-23(35-2)12-9-20)28(27)24-14-21(29)10-13-25(24)31(26(28)33)17-19-6-4-3-5-7-19/h3-14,34H,15-18H2,1-2H3/t27-,28?/m0/s1. The molecule has 0 bridgehead atoms. The summed E-state index contributed by atoms with van der Waals surface area (Å²) in [6, 6.07) is 21.1. The molecular formula is C28H27FN2O4. The number of aliphatic hydroxyl groups is 1. The number of rotatable bonds is 5. The molecule has 1 N–H and O–H groups in total. The lowest BCUT2D eigenvalue weighted by molar-refractivity contribution is -0.171. The highest BCUT2D eigenvalue weighted by molar-refractivity contribution is 6.10. The predicted octanol–water partition coefficient (Wildman–Crippen LogP) is 3.80. The lowest BCUT2D eigenvalue weighted by Crippen LogP contribution is -2.69. The molecule has 3 aromatic carbocycles. The van der Waals surface area contributed by atoms with Gasteiger partial charge in [0.25, 0.3) is 5.91 Å². The molecule has 6 nitrogen and oxygen atoms in total. The first-order chi connectivity index (χ1) is 16.8. The molecule has 1 fully saturated rings. The molecule has 2 aliphatic heterocycles. The van der Waals surface area contributed by atoms with Gasteiger partial charge in [-0.05, 0) is 48.4 Å². The average Bonchev–Trinajstić information content (AvgIpc) is 3.06. The third-order valence-electron chi connectivity index (χ3n) is 7.07. The maximum atomic E-state index is 14.6. The lowest BCUT2D eigenvalue weighted by Gasteiger charge is -2.51. The van der Waals surface area contributed by atoms with Gasteiger partial charge in [-0.3, -0.25) is 14.5 Å². The number of ether oxygens (including phenoxy) is 1. The smallest absolute Gasteiger partial charge is 0.255 e. The number of anilines is 1. The van der Waals surface area contributed by atoms with Crippen molar-refractivity contribution in [2.75, 3.05) is 18.6 Å². The second-order valence-corrected chi connectivity index (χ2v) is 9.44. The highest BCUT2D eigenvalue weighted by Gasteiger charge is 2.66. The zero-order valence-electron chi connectivity index (χ0n) is 19.7. The first-order valence-corrected chi connectivity index (χ1v) is 11.5. The largest absolute Gasteiger partial charge is 0.497 e. The van der Waals surface area contributed by atoms with E-state index in [0.29, 0.717) is 17.0 Å².